The van der Waals surface area contributed by atoms with Crippen LogP contribution in [0, 0.1) is 11.3 Å². The molecule has 20 heavy (non-hydrogen) atoms. The predicted octanol–water partition coefficient (Wildman–Crippen LogP) is 3.06. The average Bonchev–Trinajstić information content (AvgIpc) is 2.98. The molecule has 1 N–H and O–H groups in total. The number of amides is 1. The van der Waals surface area contributed by atoms with Gasteiger partial charge in [-0.25, -0.2) is 0 Å². The topological polar surface area (TPSA) is 66.0 Å². The van der Waals surface area contributed by atoms with Crippen molar-refractivity contribution in [1.82, 2.24) is 5.32 Å². The van der Waals surface area contributed by atoms with Gasteiger partial charge in [0.15, 0.2) is 0 Å². The second-order valence-electron chi connectivity index (χ2n) is 4.29. The van der Waals surface area contributed by atoms with E-state index in [0.717, 1.165) is 5.56 Å². The molecule has 2 aromatic rings. The van der Waals surface area contributed by atoms with E-state index in [2.05, 4.69) is 5.32 Å². The Kier molecular flexibility index (Phi) is 4.35. The van der Waals surface area contributed by atoms with Crippen molar-refractivity contribution in [2.24, 2.45) is 0 Å². The number of furan rings is 1. The molecule has 0 bridgehead atoms. The van der Waals surface area contributed by atoms with Gasteiger partial charge in [0.25, 0.3) is 5.91 Å². The summed E-state index contributed by atoms with van der Waals surface area (Å²) >= 11 is 0. The molecule has 0 saturated carbocycles. The Hall–Kier alpha value is -2.80. The van der Waals surface area contributed by atoms with Crippen molar-refractivity contribution in [2.75, 3.05) is 0 Å². The van der Waals surface area contributed by atoms with Crippen LogP contribution < -0.4 is 5.32 Å². The molecule has 0 radical (unpaired) electrons. The van der Waals surface area contributed by atoms with Crippen LogP contribution in [0.1, 0.15) is 24.3 Å². The third-order valence-electron chi connectivity index (χ3n) is 2.84. The lowest BCUT2D eigenvalue weighted by atomic mass is 10.1. The number of carbonyl (C=O) groups excluding carboxylic acids is 1. The first-order valence-electron chi connectivity index (χ1n) is 6.22. The second kappa shape index (κ2) is 6.39. The molecule has 4 nitrogen and oxygen atoms in total. The molecule has 100 valence electrons. The van der Waals surface area contributed by atoms with Crippen molar-refractivity contribution < 1.29 is 9.21 Å². The first kappa shape index (κ1) is 13.6. The number of hydrogen-bond acceptors (Lipinski definition) is 3. The van der Waals surface area contributed by atoms with E-state index in [4.69, 9.17) is 9.68 Å². The van der Waals surface area contributed by atoms with E-state index in [9.17, 15) is 4.79 Å². The summed E-state index contributed by atoms with van der Waals surface area (Å²) in [7, 11) is 0. The highest BCUT2D eigenvalue weighted by Crippen LogP contribution is 2.13. The van der Waals surface area contributed by atoms with Crippen molar-refractivity contribution in [3.63, 3.8) is 0 Å². The Morgan fingerprint density at radius 1 is 1.30 bits per heavy atom. The Bertz CT molecular complexity index is 637. The number of hydrogen-bond donors (Lipinski definition) is 1. The maximum absolute atomic E-state index is 12.0. The van der Waals surface area contributed by atoms with Crippen LogP contribution in [0.15, 0.2) is 58.7 Å². The summed E-state index contributed by atoms with van der Waals surface area (Å²) in [5.74, 6) is 0.0596. The molecule has 1 atom stereocenters. The average molecular weight is 266 g/mol. The van der Waals surface area contributed by atoms with E-state index in [1.54, 1.807) is 12.1 Å². The maximum Gasteiger partial charge on any atom is 0.262 e. The highest BCUT2D eigenvalue weighted by Gasteiger charge is 2.13. The standard InChI is InChI=1S/C16H14N2O2/c1-12(13-6-3-2-4-7-13)18-16(19)14(11-17)10-15-8-5-9-20-15/h2-10,12H,1H3,(H,18,19)/b14-10-/t12-/m1/s1. The van der Waals surface area contributed by atoms with E-state index < -0.39 is 5.91 Å². The van der Waals surface area contributed by atoms with E-state index in [-0.39, 0.29) is 11.6 Å². The third-order valence-corrected chi connectivity index (χ3v) is 2.84. The quantitative estimate of drug-likeness (QED) is 0.683. The molecule has 0 unspecified atom stereocenters. The SMILES string of the molecule is C[C@@H](NC(=O)/C(C#N)=C\c1ccco1)c1ccccc1. The molecule has 4 heteroatoms. The van der Waals surface area contributed by atoms with Crippen molar-refractivity contribution in [3.05, 3.63) is 65.6 Å². The molecule has 1 heterocycles. The van der Waals surface area contributed by atoms with Crippen LogP contribution in [-0.4, -0.2) is 5.91 Å². The molecule has 2 rings (SSSR count). The van der Waals surface area contributed by atoms with Crippen LogP contribution in [0.3, 0.4) is 0 Å². The van der Waals surface area contributed by atoms with Crippen LogP contribution in [0.25, 0.3) is 6.08 Å². The van der Waals surface area contributed by atoms with Crippen LogP contribution in [0.5, 0.6) is 0 Å². The molecule has 1 aromatic carbocycles. The molecular weight excluding hydrogens is 252 g/mol. The molecule has 0 aliphatic heterocycles. The van der Waals surface area contributed by atoms with E-state index in [0.29, 0.717) is 5.76 Å². The highest BCUT2D eigenvalue weighted by atomic mass is 16.3. The Morgan fingerprint density at radius 3 is 2.65 bits per heavy atom. The lowest BCUT2D eigenvalue weighted by molar-refractivity contribution is -0.117. The van der Waals surface area contributed by atoms with Crippen LogP contribution >= 0.6 is 0 Å². The highest BCUT2D eigenvalue weighted by molar-refractivity contribution is 6.01. The minimum absolute atomic E-state index is 0.0164. The van der Waals surface area contributed by atoms with Crippen LogP contribution in [-0.2, 0) is 4.79 Å². The van der Waals surface area contributed by atoms with Gasteiger partial charge >= 0.3 is 0 Å². The Labute approximate surface area is 117 Å². The lowest BCUT2D eigenvalue weighted by Crippen LogP contribution is -2.27. The zero-order valence-corrected chi connectivity index (χ0v) is 11.0. The zero-order chi connectivity index (χ0) is 14.4. The van der Waals surface area contributed by atoms with Gasteiger partial charge in [-0.15, -0.1) is 0 Å². The molecule has 0 aliphatic carbocycles. The van der Waals surface area contributed by atoms with Crippen molar-refractivity contribution in [2.45, 2.75) is 13.0 Å². The van der Waals surface area contributed by atoms with E-state index in [1.807, 2.05) is 43.3 Å². The summed E-state index contributed by atoms with van der Waals surface area (Å²) in [6.45, 7) is 1.87. The molecule has 1 aromatic heterocycles. The van der Waals surface area contributed by atoms with Crippen molar-refractivity contribution in [1.29, 1.82) is 5.26 Å². The van der Waals surface area contributed by atoms with Gasteiger partial charge in [-0.05, 0) is 24.6 Å². The fourth-order valence-corrected chi connectivity index (χ4v) is 1.76. The van der Waals surface area contributed by atoms with Gasteiger partial charge in [-0.2, -0.15) is 5.26 Å². The Morgan fingerprint density at radius 2 is 2.05 bits per heavy atom. The van der Waals surface area contributed by atoms with Gasteiger partial charge in [-0.1, -0.05) is 30.3 Å². The maximum atomic E-state index is 12.0. The first-order chi connectivity index (χ1) is 9.70. The van der Waals surface area contributed by atoms with Gasteiger partial charge in [0, 0.05) is 6.08 Å². The van der Waals surface area contributed by atoms with E-state index in [1.165, 1.54) is 12.3 Å². The van der Waals surface area contributed by atoms with Gasteiger partial charge in [0.2, 0.25) is 0 Å². The Balaban J connectivity index is 2.09. The van der Waals surface area contributed by atoms with Gasteiger partial charge in [-0.3, -0.25) is 4.79 Å². The number of nitrogens with zero attached hydrogens (tertiary/aromatic N) is 1. The predicted molar refractivity (Wildman–Crippen MR) is 75.3 cm³/mol. The van der Waals surface area contributed by atoms with Crippen molar-refractivity contribution in [3.8, 4) is 6.07 Å². The minimum atomic E-state index is -0.416. The summed E-state index contributed by atoms with van der Waals surface area (Å²) in [6, 6.07) is 14.7. The zero-order valence-electron chi connectivity index (χ0n) is 11.0. The monoisotopic (exact) mass is 266 g/mol. The fraction of sp³-hybridized carbons (Fsp3) is 0.125. The molecule has 0 saturated heterocycles. The summed E-state index contributed by atoms with van der Waals surface area (Å²) in [6.07, 6.45) is 2.92. The van der Waals surface area contributed by atoms with Crippen LogP contribution in [0.4, 0.5) is 0 Å². The largest absolute Gasteiger partial charge is 0.465 e. The number of rotatable bonds is 4. The summed E-state index contributed by atoms with van der Waals surface area (Å²) in [5, 5.41) is 11.8. The lowest BCUT2D eigenvalue weighted by Gasteiger charge is -2.13. The second-order valence-corrected chi connectivity index (χ2v) is 4.29. The first-order valence-corrected chi connectivity index (χ1v) is 6.22. The van der Waals surface area contributed by atoms with E-state index >= 15 is 0 Å². The molecule has 1 amide bonds. The number of benzene rings is 1. The number of nitrogens with one attached hydrogen (secondary N) is 1. The minimum Gasteiger partial charge on any atom is -0.465 e. The molecular formula is C16H14N2O2. The van der Waals surface area contributed by atoms with Gasteiger partial charge < -0.3 is 9.73 Å². The molecule has 0 spiro atoms. The normalized spacial score (nSPS) is 12.5. The summed E-state index contributed by atoms with van der Waals surface area (Å²) < 4.78 is 5.10. The summed E-state index contributed by atoms with van der Waals surface area (Å²) in [4.78, 5) is 12.0. The number of nitriles is 1. The third kappa shape index (κ3) is 3.36. The molecule has 0 fully saturated rings. The number of carbonyl (C=O) groups is 1. The fourth-order valence-electron chi connectivity index (χ4n) is 1.76. The van der Waals surface area contributed by atoms with Gasteiger partial charge in [0.05, 0.1) is 12.3 Å². The van der Waals surface area contributed by atoms with Crippen molar-refractivity contribution >= 4 is 12.0 Å². The molecule has 0 aliphatic rings. The smallest absolute Gasteiger partial charge is 0.262 e. The van der Waals surface area contributed by atoms with Gasteiger partial charge in [0.1, 0.15) is 17.4 Å². The van der Waals surface area contributed by atoms with Crippen LogP contribution in [0.2, 0.25) is 0 Å². The summed E-state index contributed by atoms with van der Waals surface area (Å²) in [5.41, 5.74) is 0.999.